The first-order valence-electron chi connectivity index (χ1n) is 11.8. The first-order valence-corrected chi connectivity index (χ1v) is 14.2. The van der Waals surface area contributed by atoms with Gasteiger partial charge >= 0.3 is 5.97 Å². The van der Waals surface area contributed by atoms with Gasteiger partial charge in [-0.05, 0) is 42.8 Å². The predicted octanol–water partition coefficient (Wildman–Crippen LogP) is 3.24. The van der Waals surface area contributed by atoms with Crippen molar-refractivity contribution in [2.75, 3.05) is 13.2 Å². The molecule has 1 radical (unpaired) electrons. The maximum absolute atomic E-state index is 13.6. The first kappa shape index (κ1) is 26.3. The number of esters is 1. The van der Waals surface area contributed by atoms with Crippen molar-refractivity contribution in [3.05, 3.63) is 48.0 Å². The Kier molecular flexibility index (Phi) is 8.16. The number of aliphatic hydroxyl groups excluding tert-OH is 1. The highest BCUT2D eigenvalue weighted by atomic mass is 28.3. The zero-order valence-electron chi connectivity index (χ0n) is 20.7. The number of Topliss-reactive ketones (excluding diaryl/α,β-unsaturated/α-hetero) is 1. The SMILES string of the molecule is C=CCOC(=O)C(O)N1C(=O)[C@@H]([C@@H](CO[Si](C)C)C(C)(C)C)[C@H]1[C@H]1CCc2ccccc2C1=O. The van der Waals surface area contributed by atoms with E-state index in [1.165, 1.54) is 6.08 Å². The Morgan fingerprint density at radius 1 is 1.29 bits per heavy atom. The largest absolute Gasteiger partial charge is 0.458 e. The van der Waals surface area contributed by atoms with Gasteiger partial charge in [0.15, 0.2) is 5.78 Å². The fourth-order valence-electron chi connectivity index (χ4n) is 5.12. The van der Waals surface area contributed by atoms with Crippen LogP contribution in [-0.4, -0.2) is 62.2 Å². The van der Waals surface area contributed by atoms with Crippen molar-refractivity contribution in [1.29, 1.82) is 0 Å². The van der Waals surface area contributed by atoms with Crippen molar-refractivity contribution in [3.8, 4) is 0 Å². The van der Waals surface area contributed by atoms with E-state index in [-0.39, 0.29) is 29.6 Å². The molecule has 1 aliphatic heterocycles. The Balaban J connectivity index is 1.98. The second-order valence-electron chi connectivity index (χ2n) is 10.4. The summed E-state index contributed by atoms with van der Waals surface area (Å²) in [6.07, 6.45) is 0.871. The van der Waals surface area contributed by atoms with Gasteiger partial charge in [0.25, 0.3) is 0 Å². The van der Waals surface area contributed by atoms with E-state index in [0.29, 0.717) is 25.0 Å². The first-order chi connectivity index (χ1) is 16.0. The predicted molar refractivity (Wildman–Crippen MR) is 130 cm³/mol. The number of hydrogen-bond donors (Lipinski definition) is 1. The van der Waals surface area contributed by atoms with Crippen LogP contribution in [0.25, 0.3) is 0 Å². The summed E-state index contributed by atoms with van der Waals surface area (Å²) in [6.45, 7) is 14.1. The Morgan fingerprint density at radius 3 is 2.59 bits per heavy atom. The second-order valence-corrected chi connectivity index (χ2v) is 12.5. The van der Waals surface area contributed by atoms with Gasteiger partial charge in [-0.15, -0.1) is 0 Å². The lowest BCUT2D eigenvalue weighted by molar-refractivity contribution is -0.201. The number of ketones is 1. The monoisotopic (exact) mass is 486 g/mol. The van der Waals surface area contributed by atoms with Crippen molar-refractivity contribution < 1.29 is 28.7 Å². The maximum atomic E-state index is 13.6. The zero-order valence-corrected chi connectivity index (χ0v) is 21.7. The third-order valence-corrected chi connectivity index (χ3v) is 7.64. The van der Waals surface area contributed by atoms with Gasteiger partial charge in [-0.2, -0.15) is 0 Å². The number of nitrogens with zero attached hydrogens (tertiary/aromatic N) is 1. The van der Waals surface area contributed by atoms with E-state index in [9.17, 15) is 19.5 Å². The molecule has 0 saturated carbocycles. The number of likely N-dealkylation sites (tertiary alicyclic amines) is 1. The van der Waals surface area contributed by atoms with Crippen LogP contribution >= 0.6 is 0 Å². The summed E-state index contributed by atoms with van der Waals surface area (Å²) < 4.78 is 11.0. The van der Waals surface area contributed by atoms with Crippen molar-refractivity contribution in [2.24, 2.45) is 23.2 Å². The van der Waals surface area contributed by atoms with Gasteiger partial charge in [0.2, 0.25) is 21.2 Å². The van der Waals surface area contributed by atoms with Gasteiger partial charge in [-0.1, -0.05) is 57.7 Å². The fraction of sp³-hybridized carbons (Fsp3) is 0.577. The molecule has 1 saturated heterocycles. The molecule has 1 unspecified atom stereocenters. The van der Waals surface area contributed by atoms with Crippen molar-refractivity contribution >= 4 is 26.7 Å². The van der Waals surface area contributed by atoms with Crippen LogP contribution < -0.4 is 0 Å². The number of amides is 1. The third kappa shape index (κ3) is 5.19. The number of benzene rings is 1. The number of ether oxygens (including phenoxy) is 1. The molecule has 1 aromatic carbocycles. The minimum Gasteiger partial charge on any atom is -0.458 e. The molecular weight excluding hydrogens is 450 g/mol. The molecule has 0 aromatic heterocycles. The van der Waals surface area contributed by atoms with Gasteiger partial charge in [-0.25, -0.2) is 4.79 Å². The third-order valence-electron chi connectivity index (χ3n) is 6.90. The fourth-order valence-corrected chi connectivity index (χ4v) is 5.63. The Hall–Kier alpha value is -2.29. The number of rotatable bonds is 9. The van der Waals surface area contributed by atoms with Crippen molar-refractivity contribution in [3.63, 3.8) is 0 Å². The molecule has 1 aliphatic carbocycles. The number of aliphatic hydroxyl groups is 1. The number of carbonyl (C=O) groups is 3. The van der Waals surface area contributed by atoms with E-state index >= 15 is 0 Å². The highest BCUT2D eigenvalue weighted by Gasteiger charge is 2.60. The van der Waals surface area contributed by atoms with Gasteiger partial charge in [-0.3, -0.25) is 9.59 Å². The summed E-state index contributed by atoms with van der Waals surface area (Å²) in [5.74, 6) is -2.55. The van der Waals surface area contributed by atoms with Crippen LogP contribution in [0.3, 0.4) is 0 Å². The Labute approximate surface area is 203 Å². The number of hydrogen-bond acceptors (Lipinski definition) is 6. The van der Waals surface area contributed by atoms with E-state index in [2.05, 4.69) is 27.4 Å². The number of carbonyl (C=O) groups excluding carboxylic acids is 3. The quantitative estimate of drug-likeness (QED) is 0.249. The Morgan fingerprint density at radius 2 is 1.97 bits per heavy atom. The molecule has 1 amide bonds. The van der Waals surface area contributed by atoms with Gasteiger partial charge in [0.05, 0.1) is 12.0 Å². The molecule has 1 N–H and O–H groups in total. The molecule has 1 heterocycles. The van der Waals surface area contributed by atoms with Gasteiger partial charge in [0, 0.05) is 18.1 Å². The van der Waals surface area contributed by atoms with E-state index in [4.69, 9.17) is 9.16 Å². The molecular formula is C26H36NO6Si. The van der Waals surface area contributed by atoms with Crippen molar-refractivity contribution in [1.82, 2.24) is 4.90 Å². The standard InChI is InChI=1S/C26H36NO6Si/c1-7-14-32-25(31)24(30)27-21(18-13-12-16-10-8-9-11-17(16)22(18)28)20(23(27)29)19(26(2,3)4)15-33-34(5)6/h7-11,18-21,24,30H,1,12-15H2,2-6H3/t18-,19-,20+,21-,24?/m1/s1. The number of fused-ring (bicyclic) bond motifs is 1. The lowest BCUT2D eigenvalue weighted by Gasteiger charge is -2.56. The molecule has 0 bridgehead atoms. The number of aryl methyl sites for hydroxylation is 1. The minimum absolute atomic E-state index is 0.0506. The molecule has 3 rings (SSSR count). The molecule has 7 nitrogen and oxygen atoms in total. The molecule has 1 aromatic rings. The lowest BCUT2D eigenvalue weighted by atomic mass is 9.61. The molecule has 5 atom stereocenters. The molecule has 8 heteroatoms. The smallest absolute Gasteiger partial charge is 0.356 e. The molecule has 185 valence electrons. The average Bonchev–Trinajstić information content (AvgIpc) is 2.78. The number of β-lactam (4-membered cyclic amide) rings is 1. The van der Waals surface area contributed by atoms with Crippen LogP contribution in [0.5, 0.6) is 0 Å². The molecule has 34 heavy (non-hydrogen) atoms. The topological polar surface area (TPSA) is 93.1 Å². The molecule has 0 spiro atoms. The summed E-state index contributed by atoms with van der Waals surface area (Å²) in [4.78, 5) is 40.7. The van der Waals surface area contributed by atoms with E-state index in [0.717, 1.165) is 10.5 Å². The van der Waals surface area contributed by atoms with Crippen LogP contribution in [0.4, 0.5) is 0 Å². The minimum atomic E-state index is -1.77. The normalized spacial score (nSPS) is 24.3. The van der Waals surface area contributed by atoms with Crippen molar-refractivity contribution in [2.45, 2.75) is 59.0 Å². The van der Waals surface area contributed by atoms with E-state index in [1.807, 2.05) is 37.4 Å². The zero-order chi connectivity index (χ0) is 25.2. The highest BCUT2D eigenvalue weighted by molar-refractivity contribution is 6.48. The summed E-state index contributed by atoms with van der Waals surface area (Å²) >= 11 is 0. The van der Waals surface area contributed by atoms with Crippen LogP contribution in [0.1, 0.15) is 43.1 Å². The lowest BCUT2D eigenvalue weighted by Crippen LogP contribution is -2.72. The van der Waals surface area contributed by atoms with E-state index < -0.39 is 39.1 Å². The maximum Gasteiger partial charge on any atom is 0.356 e. The molecule has 2 aliphatic rings. The summed E-state index contributed by atoms with van der Waals surface area (Å²) in [7, 11) is -0.993. The Bertz CT molecular complexity index is 939. The second kappa shape index (κ2) is 10.5. The molecule has 1 fully saturated rings. The van der Waals surface area contributed by atoms with Crippen LogP contribution in [0, 0.1) is 23.2 Å². The van der Waals surface area contributed by atoms with Crippen LogP contribution in [0.2, 0.25) is 13.1 Å². The van der Waals surface area contributed by atoms with Crippen LogP contribution in [-0.2, 0) is 25.2 Å². The van der Waals surface area contributed by atoms with Gasteiger partial charge < -0.3 is 19.2 Å². The van der Waals surface area contributed by atoms with Crippen LogP contribution in [0.15, 0.2) is 36.9 Å². The van der Waals surface area contributed by atoms with E-state index in [1.54, 1.807) is 0 Å². The summed E-state index contributed by atoms with van der Waals surface area (Å²) in [5.41, 5.74) is 1.35. The average molecular weight is 487 g/mol. The highest BCUT2D eigenvalue weighted by Crippen LogP contribution is 2.47. The van der Waals surface area contributed by atoms with Gasteiger partial charge in [0.1, 0.15) is 6.61 Å². The summed E-state index contributed by atoms with van der Waals surface area (Å²) in [6, 6.07) is 6.89. The summed E-state index contributed by atoms with van der Waals surface area (Å²) in [5, 5.41) is 10.8.